The molecule has 2 aliphatic heterocycles. The number of hydrazine groups is 1. The van der Waals surface area contributed by atoms with E-state index in [1.54, 1.807) is 12.1 Å². The third-order valence-corrected chi connectivity index (χ3v) is 4.05. The van der Waals surface area contributed by atoms with Gasteiger partial charge in [0.25, 0.3) is 11.8 Å². The minimum absolute atomic E-state index is 0.140. The van der Waals surface area contributed by atoms with Gasteiger partial charge in [0.2, 0.25) is 5.91 Å². The standard InChI is InChI=1S/C15H17N3O4/c1-9(19)17-8-11(20)6-13(17)14(21)16-18-7-10-4-2-3-5-12(10)15(18)22/h2-5,11,13,20H,6-8H2,1H3,(H,16,21)/t11-,13-/m1/s1. The van der Waals surface area contributed by atoms with E-state index < -0.39 is 18.1 Å². The van der Waals surface area contributed by atoms with Crippen molar-refractivity contribution in [1.29, 1.82) is 0 Å². The number of amides is 3. The molecule has 0 radical (unpaired) electrons. The summed E-state index contributed by atoms with van der Waals surface area (Å²) < 4.78 is 0. The molecule has 1 fully saturated rings. The van der Waals surface area contributed by atoms with Gasteiger partial charge in [-0.1, -0.05) is 18.2 Å². The fourth-order valence-corrected chi connectivity index (χ4v) is 2.96. The SMILES string of the molecule is CC(=O)N1C[C@H](O)C[C@@H]1C(=O)NN1Cc2ccccc2C1=O. The van der Waals surface area contributed by atoms with Gasteiger partial charge in [-0.05, 0) is 11.6 Å². The molecule has 0 aliphatic carbocycles. The zero-order valence-corrected chi connectivity index (χ0v) is 12.2. The van der Waals surface area contributed by atoms with Gasteiger partial charge in [-0.15, -0.1) is 0 Å². The molecular weight excluding hydrogens is 286 g/mol. The molecule has 1 aromatic rings. The molecule has 0 saturated carbocycles. The van der Waals surface area contributed by atoms with Crippen LogP contribution in [0.2, 0.25) is 0 Å². The molecule has 22 heavy (non-hydrogen) atoms. The number of likely N-dealkylation sites (tertiary alicyclic amines) is 1. The van der Waals surface area contributed by atoms with Crippen LogP contribution in [0.4, 0.5) is 0 Å². The summed E-state index contributed by atoms with van der Waals surface area (Å²) >= 11 is 0. The summed E-state index contributed by atoms with van der Waals surface area (Å²) in [5.74, 6) is -0.988. The third-order valence-electron chi connectivity index (χ3n) is 4.05. The van der Waals surface area contributed by atoms with E-state index in [0.29, 0.717) is 12.1 Å². The van der Waals surface area contributed by atoms with Gasteiger partial charge in [0.1, 0.15) is 6.04 Å². The number of β-amino-alcohol motifs (C(OH)–C–C–N with tert-alkyl or cyclic N) is 1. The lowest BCUT2D eigenvalue weighted by molar-refractivity contribution is -0.138. The van der Waals surface area contributed by atoms with E-state index in [4.69, 9.17) is 0 Å². The van der Waals surface area contributed by atoms with E-state index in [1.807, 2.05) is 12.1 Å². The molecule has 2 N–H and O–H groups in total. The third kappa shape index (κ3) is 2.43. The van der Waals surface area contributed by atoms with E-state index in [9.17, 15) is 19.5 Å². The molecule has 1 aromatic carbocycles. The fourth-order valence-electron chi connectivity index (χ4n) is 2.96. The molecule has 7 nitrogen and oxygen atoms in total. The molecule has 2 aliphatic rings. The number of hydrogen-bond acceptors (Lipinski definition) is 4. The summed E-state index contributed by atoms with van der Waals surface area (Å²) in [6, 6.07) is 6.41. The van der Waals surface area contributed by atoms with Gasteiger partial charge >= 0.3 is 0 Å². The highest BCUT2D eigenvalue weighted by Gasteiger charge is 2.39. The minimum atomic E-state index is -0.746. The Morgan fingerprint density at radius 3 is 2.73 bits per heavy atom. The Bertz CT molecular complexity index is 645. The quantitative estimate of drug-likeness (QED) is 0.782. The molecule has 1 saturated heterocycles. The van der Waals surface area contributed by atoms with Crippen LogP contribution in [-0.2, 0) is 16.1 Å². The van der Waals surface area contributed by atoms with Crippen LogP contribution >= 0.6 is 0 Å². The largest absolute Gasteiger partial charge is 0.391 e. The van der Waals surface area contributed by atoms with Crippen LogP contribution in [0.3, 0.4) is 0 Å². The molecule has 2 heterocycles. The topological polar surface area (TPSA) is 89.9 Å². The van der Waals surface area contributed by atoms with E-state index >= 15 is 0 Å². The molecule has 0 unspecified atom stereocenters. The first kappa shape index (κ1) is 14.5. The number of nitrogens with one attached hydrogen (secondary N) is 1. The van der Waals surface area contributed by atoms with Crippen molar-refractivity contribution in [3.05, 3.63) is 35.4 Å². The van der Waals surface area contributed by atoms with E-state index in [0.717, 1.165) is 5.56 Å². The normalized spacial score (nSPS) is 23.6. The lowest BCUT2D eigenvalue weighted by atomic mass is 10.1. The summed E-state index contributed by atoms with van der Waals surface area (Å²) in [5, 5.41) is 10.9. The van der Waals surface area contributed by atoms with Crippen molar-refractivity contribution in [2.75, 3.05) is 6.54 Å². The van der Waals surface area contributed by atoms with Crippen LogP contribution < -0.4 is 5.43 Å². The lowest BCUT2D eigenvalue weighted by Crippen LogP contribution is -2.51. The van der Waals surface area contributed by atoms with Gasteiger partial charge in [-0.2, -0.15) is 0 Å². The van der Waals surface area contributed by atoms with Crippen LogP contribution in [-0.4, -0.2) is 51.4 Å². The Morgan fingerprint density at radius 1 is 1.32 bits per heavy atom. The van der Waals surface area contributed by atoms with Crippen molar-refractivity contribution in [3.63, 3.8) is 0 Å². The maximum Gasteiger partial charge on any atom is 0.272 e. The molecule has 3 rings (SSSR count). The number of benzene rings is 1. The zero-order valence-electron chi connectivity index (χ0n) is 12.2. The summed E-state index contributed by atoms with van der Waals surface area (Å²) in [6.45, 7) is 1.80. The lowest BCUT2D eigenvalue weighted by Gasteiger charge is -2.25. The van der Waals surface area contributed by atoms with Crippen molar-refractivity contribution >= 4 is 17.7 Å². The second kappa shape index (κ2) is 5.42. The molecule has 7 heteroatoms. The second-order valence-corrected chi connectivity index (χ2v) is 5.60. The predicted molar refractivity (Wildman–Crippen MR) is 76.3 cm³/mol. The van der Waals surface area contributed by atoms with Crippen molar-refractivity contribution in [3.8, 4) is 0 Å². The average molecular weight is 303 g/mol. The highest BCUT2D eigenvalue weighted by Crippen LogP contribution is 2.22. The van der Waals surface area contributed by atoms with Crippen LogP contribution in [0.15, 0.2) is 24.3 Å². The van der Waals surface area contributed by atoms with E-state index in [1.165, 1.54) is 16.8 Å². The molecule has 3 amide bonds. The van der Waals surface area contributed by atoms with Gasteiger partial charge < -0.3 is 10.0 Å². The van der Waals surface area contributed by atoms with Crippen molar-refractivity contribution in [2.24, 2.45) is 0 Å². The fraction of sp³-hybridized carbons (Fsp3) is 0.400. The molecule has 116 valence electrons. The van der Waals surface area contributed by atoms with Gasteiger partial charge in [-0.3, -0.25) is 19.8 Å². The first-order chi connectivity index (χ1) is 10.5. The van der Waals surface area contributed by atoms with Crippen LogP contribution in [0.25, 0.3) is 0 Å². The number of aliphatic hydroxyl groups is 1. The molecule has 2 atom stereocenters. The van der Waals surface area contributed by atoms with Gasteiger partial charge in [0.05, 0.1) is 12.6 Å². The van der Waals surface area contributed by atoms with Crippen molar-refractivity contribution in [1.82, 2.24) is 15.3 Å². The maximum atomic E-state index is 12.3. The Kier molecular flexibility index (Phi) is 3.58. The molecular formula is C15H17N3O4. The highest BCUT2D eigenvalue weighted by atomic mass is 16.3. The highest BCUT2D eigenvalue weighted by molar-refractivity contribution is 5.99. The van der Waals surface area contributed by atoms with Crippen molar-refractivity contribution < 1.29 is 19.5 Å². The maximum absolute atomic E-state index is 12.3. The summed E-state index contributed by atoms with van der Waals surface area (Å²) in [7, 11) is 0. The molecule has 0 bridgehead atoms. The molecule has 0 spiro atoms. The number of nitrogens with zero attached hydrogens (tertiary/aromatic N) is 2. The number of rotatable bonds is 2. The number of hydrogen-bond donors (Lipinski definition) is 2. The van der Waals surface area contributed by atoms with Crippen molar-refractivity contribution in [2.45, 2.75) is 32.0 Å². The molecule has 0 aromatic heterocycles. The number of aliphatic hydroxyl groups excluding tert-OH is 1. The Hall–Kier alpha value is -2.41. The smallest absolute Gasteiger partial charge is 0.272 e. The Labute approximate surface area is 127 Å². The second-order valence-electron chi connectivity index (χ2n) is 5.60. The Morgan fingerprint density at radius 2 is 2.05 bits per heavy atom. The number of carbonyl (C=O) groups is 3. The van der Waals surface area contributed by atoms with Crippen LogP contribution in [0.1, 0.15) is 29.3 Å². The first-order valence-corrected chi connectivity index (χ1v) is 7.13. The van der Waals surface area contributed by atoms with E-state index in [-0.39, 0.29) is 24.8 Å². The number of carbonyl (C=O) groups excluding carboxylic acids is 3. The van der Waals surface area contributed by atoms with Crippen LogP contribution in [0.5, 0.6) is 0 Å². The zero-order chi connectivity index (χ0) is 15.9. The summed E-state index contributed by atoms with van der Waals surface area (Å²) in [5.41, 5.74) is 3.98. The summed E-state index contributed by atoms with van der Waals surface area (Å²) in [6.07, 6.45) is -0.536. The number of fused-ring (bicyclic) bond motifs is 1. The van der Waals surface area contributed by atoms with Crippen LogP contribution in [0, 0.1) is 0 Å². The average Bonchev–Trinajstić information content (AvgIpc) is 3.01. The monoisotopic (exact) mass is 303 g/mol. The van der Waals surface area contributed by atoms with Gasteiger partial charge in [0.15, 0.2) is 0 Å². The van der Waals surface area contributed by atoms with Gasteiger partial charge in [0, 0.05) is 25.5 Å². The van der Waals surface area contributed by atoms with Gasteiger partial charge in [-0.25, -0.2) is 5.01 Å². The first-order valence-electron chi connectivity index (χ1n) is 7.13. The predicted octanol–water partition coefficient (Wildman–Crippen LogP) is -0.345. The minimum Gasteiger partial charge on any atom is -0.391 e. The van der Waals surface area contributed by atoms with E-state index in [2.05, 4.69) is 5.43 Å². The Balaban J connectivity index is 1.71. The summed E-state index contributed by atoms with van der Waals surface area (Å²) in [4.78, 5) is 37.4.